The molecule has 0 aromatic rings. The van der Waals surface area contributed by atoms with Gasteiger partial charge in [-0.3, -0.25) is 9.59 Å². The van der Waals surface area contributed by atoms with Crippen molar-refractivity contribution >= 4 is 18.0 Å². The number of hydrogen-bond acceptors (Lipinski definition) is 4. The molecule has 1 aliphatic carbocycles. The molecular formula is C11H15NO5. The zero-order valence-corrected chi connectivity index (χ0v) is 9.97. The standard InChI is InChI=1S/C11H15NO5/c1-11(2,3)17-10(16)12-4-5-6(8(12)13)7(5)9(14)15/h5-7H,4H2,1-3H3,(H,14,15). The predicted octanol–water partition coefficient (Wildman–Crippen LogP) is 0.711. The van der Waals surface area contributed by atoms with Crippen molar-refractivity contribution in [2.24, 2.45) is 17.8 Å². The summed E-state index contributed by atoms with van der Waals surface area (Å²) < 4.78 is 5.08. The van der Waals surface area contributed by atoms with Crippen molar-refractivity contribution in [1.82, 2.24) is 4.90 Å². The van der Waals surface area contributed by atoms with E-state index in [1.54, 1.807) is 20.8 Å². The molecule has 2 aliphatic rings. The number of carboxylic acids is 1. The Hall–Kier alpha value is -1.59. The molecule has 1 saturated carbocycles. The van der Waals surface area contributed by atoms with Crippen molar-refractivity contribution in [1.29, 1.82) is 0 Å². The highest BCUT2D eigenvalue weighted by atomic mass is 16.6. The summed E-state index contributed by atoms with van der Waals surface area (Å²) in [6.07, 6.45) is -0.682. The molecule has 17 heavy (non-hydrogen) atoms. The summed E-state index contributed by atoms with van der Waals surface area (Å²) in [6.45, 7) is 5.31. The van der Waals surface area contributed by atoms with Gasteiger partial charge in [0, 0.05) is 12.5 Å². The largest absolute Gasteiger partial charge is 0.481 e. The molecule has 2 fully saturated rings. The normalized spacial score (nSPS) is 31.1. The Kier molecular flexibility index (Phi) is 2.41. The van der Waals surface area contributed by atoms with Crippen LogP contribution in [0.3, 0.4) is 0 Å². The maximum atomic E-state index is 11.8. The van der Waals surface area contributed by atoms with E-state index >= 15 is 0 Å². The van der Waals surface area contributed by atoms with Crippen molar-refractivity contribution in [3.63, 3.8) is 0 Å². The number of hydrogen-bond donors (Lipinski definition) is 1. The lowest BCUT2D eigenvalue weighted by molar-refractivity contribution is -0.142. The number of carbonyl (C=O) groups excluding carboxylic acids is 2. The molecule has 0 aromatic carbocycles. The van der Waals surface area contributed by atoms with E-state index in [1.807, 2.05) is 0 Å². The molecule has 0 bridgehead atoms. The first-order valence-corrected chi connectivity index (χ1v) is 5.49. The zero-order chi connectivity index (χ0) is 13.0. The number of imide groups is 1. The quantitative estimate of drug-likeness (QED) is 0.730. The summed E-state index contributed by atoms with van der Waals surface area (Å²) in [5.41, 5.74) is -0.656. The number of carbonyl (C=O) groups is 3. The first kappa shape index (κ1) is 11.9. The van der Waals surface area contributed by atoms with Gasteiger partial charge in [0.15, 0.2) is 0 Å². The first-order valence-electron chi connectivity index (χ1n) is 5.49. The number of likely N-dealkylation sites (tertiary alicyclic amines) is 1. The van der Waals surface area contributed by atoms with Crippen LogP contribution >= 0.6 is 0 Å². The van der Waals surface area contributed by atoms with E-state index in [1.165, 1.54) is 0 Å². The minimum atomic E-state index is -0.961. The summed E-state index contributed by atoms with van der Waals surface area (Å²) in [4.78, 5) is 35.2. The molecule has 0 aromatic heterocycles. The third-order valence-electron chi connectivity index (χ3n) is 3.01. The fourth-order valence-electron chi connectivity index (χ4n) is 2.24. The molecule has 3 atom stereocenters. The van der Waals surface area contributed by atoms with Crippen molar-refractivity contribution in [3.05, 3.63) is 0 Å². The van der Waals surface area contributed by atoms with E-state index in [0.717, 1.165) is 4.90 Å². The molecule has 0 radical (unpaired) electrons. The van der Waals surface area contributed by atoms with Crippen LogP contribution in [0, 0.1) is 17.8 Å². The van der Waals surface area contributed by atoms with E-state index in [9.17, 15) is 14.4 Å². The maximum Gasteiger partial charge on any atom is 0.417 e. The molecular weight excluding hydrogens is 226 g/mol. The van der Waals surface area contributed by atoms with E-state index in [0.29, 0.717) is 0 Å². The molecule has 0 spiro atoms. The minimum Gasteiger partial charge on any atom is -0.481 e. The highest BCUT2D eigenvalue weighted by Gasteiger charge is 2.66. The van der Waals surface area contributed by atoms with Gasteiger partial charge in [0.2, 0.25) is 5.91 Å². The van der Waals surface area contributed by atoms with Crippen LogP contribution < -0.4 is 0 Å². The summed E-state index contributed by atoms with van der Waals surface area (Å²) in [7, 11) is 0. The number of piperidine rings is 1. The fourth-order valence-corrected chi connectivity index (χ4v) is 2.24. The third-order valence-corrected chi connectivity index (χ3v) is 3.01. The highest BCUT2D eigenvalue weighted by Crippen LogP contribution is 2.52. The van der Waals surface area contributed by atoms with Crippen LogP contribution in [-0.2, 0) is 14.3 Å². The van der Waals surface area contributed by atoms with Crippen LogP contribution in [0.1, 0.15) is 20.8 Å². The number of fused-ring (bicyclic) bond motifs is 1. The second-order valence-electron chi connectivity index (χ2n) is 5.48. The van der Waals surface area contributed by atoms with Crippen LogP contribution in [0.15, 0.2) is 0 Å². The molecule has 1 aliphatic heterocycles. The Morgan fingerprint density at radius 3 is 2.35 bits per heavy atom. The van der Waals surface area contributed by atoms with Gasteiger partial charge in [0.1, 0.15) is 5.60 Å². The van der Waals surface area contributed by atoms with Crippen LogP contribution in [0.25, 0.3) is 0 Å². The number of carboxylic acid groups (broad SMARTS) is 1. The lowest BCUT2D eigenvalue weighted by Gasteiger charge is -2.24. The van der Waals surface area contributed by atoms with Crippen LogP contribution in [0.5, 0.6) is 0 Å². The Balaban J connectivity index is 1.98. The SMILES string of the molecule is CC(C)(C)OC(=O)N1CC2C(C(=O)O)C2C1=O. The van der Waals surface area contributed by atoms with Gasteiger partial charge in [-0.05, 0) is 20.8 Å². The lowest BCUT2D eigenvalue weighted by atomic mass is 10.2. The summed E-state index contributed by atoms with van der Waals surface area (Å²) in [5.74, 6) is -2.75. The van der Waals surface area contributed by atoms with Crippen LogP contribution in [0.4, 0.5) is 4.79 Å². The number of amides is 2. The van der Waals surface area contributed by atoms with Gasteiger partial charge in [-0.25, -0.2) is 9.69 Å². The van der Waals surface area contributed by atoms with Crippen molar-refractivity contribution < 1.29 is 24.2 Å². The Bertz CT molecular complexity index is 397. The second-order valence-corrected chi connectivity index (χ2v) is 5.48. The Morgan fingerprint density at radius 2 is 2.00 bits per heavy atom. The monoisotopic (exact) mass is 241 g/mol. The van der Waals surface area contributed by atoms with Crippen molar-refractivity contribution in [3.8, 4) is 0 Å². The van der Waals surface area contributed by atoms with E-state index in [4.69, 9.17) is 9.84 Å². The lowest BCUT2D eigenvalue weighted by Crippen LogP contribution is -2.40. The molecule has 2 rings (SSSR count). The topological polar surface area (TPSA) is 83.9 Å². The van der Waals surface area contributed by atoms with Gasteiger partial charge >= 0.3 is 12.1 Å². The fraction of sp³-hybridized carbons (Fsp3) is 0.727. The number of ether oxygens (including phenoxy) is 1. The van der Waals surface area contributed by atoms with Gasteiger partial charge in [-0.1, -0.05) is 0 Å². The molecule has 1 heterocycles. The smallest absolute Gasteiger partial charge is 0.417 e. The van der Waals surface area contributed by atoms with E-state index in [-0.39, 0.29) is 12.5 Å². The van der Waals surface area contributed by atoms with Crippen molar-refractivity contribution in [2.45, 2.75) is 26.4 Å². The van der Waals surface area contributed by atoms with E-state index < -0.39 is 35.4 Å². The number of aliphatic carboxylic acids is 1. The summed E-state index contributed by atoms with van der Waals surface area (Å²) >= 11 is 0. The van der Waals surface area contributed by atoms with Gasteiger partial charge in [0.05, 0.1) is 11.8 Å². The van der Waals surface area contributed by atoms with Crippen LogP contribution in [-0.4, -0.2) is 40.1 Å². The predicted molar refractivity (Wildman–Crippen MR) is 56.1 cm³/mol. The van der Waals surface area contributed by atoms with Gasteiger partial charge in [-0.2, -0.15) is 0 Å². The average Bonchev–Trinajstić information content (AvgIpc) is 2.75. The van der Waals surface area contributed by atoms with Gasteiger partial charge < -0.3 is 9.84 Å². The minimum absolute atomic E-state index is 0.162. The first-order chi connectivity index (χ1) is 7.72. The average molecular weight is 241 g/mol. The Morgan fingerprint density at radius 1 is 1.41 bits per heavy atom. The molecule has 2 amide bonds. The molecule has 6 heteroatoms. The molecule has 94 valence electrons. The summed E-state index contributed by atoms with van der Waals surface area (Å²) in [5, 5.41) is 8.80. The molecule has 1 saturated heterocycles. The Labute approximate surface area is 98.5 Å². The summed E-state index contributed by atoms with van der Waals surface area (Å²) in [6, 6.07) is 0. The number of nitrogens with zero attached hydrogens (tertiary/aromatic N) is 1. The molecule has 3 unspecified atom stereocenters. The van der Waals surface area contributed by atoms with Crippen LogP contribution in [0.2, 0.25) is 0 Å². The maximum absolute atomic E-state index is 11.8. The third kappa shape index (κ3) is 1.99. The van der Waals surface area contributed by atoms with E-state index in [2.05, 4.69) is 0 Å². The van der Waals surface area contributed by atoms with Gasteiger partial charge in [0.25, 0.3) is 0 Å². The molecule has 1 N–H and O–H groups in total. The molecule has 6 nitrogen and oxygen atoms in total. The zero-order valence-electron chi connectivity index (χ0n) is 9.97. The van der Waals surface area contributed by atoms with Crippen molar-refractivity contribution in [2.75, 3.05) is 6.54 Å². The number of rotatable bonds is 1. The second kappa shape index (κ2) is 3.45. The van der Waals surface area contributed by atoms with Gasteiger partial charge in [-0.15, -0.1) is 0 Å². The highest BCUT2D eigenvalue weighted by molar-refractivity contribution is 6.01.